The Balaban J connectivity index is 2.07. The van der Waals surface area contributed by atoms with E-state index >= 15 is 0 Å². The lowest BCUT2D eigenvalue weighted by molar-refractivity contribution is -0.135. The van der Waals surface area contributed by atoms with Gasteiger partial charge in [0.1, 0.15) is 11.6 Å². The van der Waals surface area contributed by atoms with Gasteiger partial charge in [-0.15, -0.1) is 10.2 Å². The monoisotopic (exact) mass is 580 g/mol. The third kappa shape index (κ3) is 8.25. The number of carbonyl (C=O) groups is 3. The Morgan fingerprint density at radius 2 is 1.88 bits per heavy atom. The molecule has 2 N–H and O–H groups in total. The zero-order chi connectivity index (χ0) is 35.2. The molecule has 0 fully saturated rings. The summed E-state index contributed by atoms with van der Waals surface area (Å²) < 4.78 is 79.8. The Bertz CT molecular complexity index is 1660. The van der Waals surface area contributed by atoms with E-state index in [1.54, 1.807) is 0 Å². The lowest BCUT2D eigenvalue weighted by Crippen LogP contribution is -2.46. The van der Waals surface area contributed by atoms with Crippen molar-refractivity contribution in [3.8, 4) is 5.75 Å². The SMILES string of the molecule is [2H]C([2H])([2H])c1nnc(C(=O)NC(C)(C)c2nc(C(=O)NCc3ccc(F)cc3)c(OC(=O)CCOCCOC)c(=O)n2C([2H])([2H])[2H])o1. The van der Waals surface area contributed by atoms with E-state index in [0.29, 0.717) is 5.56 Å². The number of carbonyl (C=O) groups excluding carboxylic acids is 3. The molecular weight excluding hydrogens is 543 g/mol. The summed E-state index contributed by atoms with van der Waals surface area (Å²) in [4.78, 5) is 56.9. The van der Waals surface area contributed by atoms with E-state index in [9.17, 15) is 23.6 Å². The van der Waals surface area contributed by atoms with Crippen LogP contribution in [0.3, 0.4) is 0 Å². The molecule has 2 aromatic heterocycles. The van der Waals surface area contributed by atoms with Gasteiger partial charge < -0.3 is 29.3 Å². The van der Waals surface area contributed by atoms with Crippen LogP contribution in [0, 0.1) is 12.7 Å². The highest BCUT2D eigenvalue weighted by Crippen LogP contribution is 2.22. The van der Waals surface area contributed by atoms with Crippen molar-refractivity contribution >= 4 is 17.8 Å². The molecule has 0 spiro atoms. The highest BCUT2D eigenvalue weighted by molar-refractivity contribution is 5.95. The first kappa shape index (κ1) is 23.2. The molecule has 220 valence electrons. The Morgan fingerprint density at radius 3 is 2.54 bits per heavy atom. The maximum absolute atomic E-state index is 13.7. The quantitative estimate of drug-likeness (QED) is 0.219. The molecule has 3 rings (SSSR count). The van der Waals surface area contributed by atoms with Crippen LogP contribution < -0.4 is 20.9 Å². The molecule has 3 aromatic rings. The molecule has 1 aromatic carbocycles. The number of benzene rings is 1. The second-order valence-corrected chi connectivity index (χ2v) is 8.88. The fourth-order valence-electron chi connectivity index (χ4n) is 3.31. The van der Waals surface area contributed by atoms with Crippen molar-refractivity contribution in [1.29, 1.82) is 0 Å². The molecule has 0 radical (unpaired) electrons. The van der Waals surface area contributed by atoms with Gasteiger partial charge in [-0.25, -0.2) is 9.37 Å². The van der Waals surface area contributed by atoms with Crippen LogP contribution in [0.15, 0.2) is 33.5 Å². The summed E-state index contributed by atoms with van der Waals surface area (Å²) in [6.45, 7) is -3.67. The zero-order valence-electron chi connectivity index (χ0n) is 28.3. The molecule has 2 heterocycles. The lowest BCUT2D eigenvalue weighted by Gasteiger charge is -2.27. The first-order valence-corrected chi connectivity index (χ1v) is 12.0. The van der Waals surface area contributed by atoms with Crippen LogP contribution in [0.1, 0.15) is 66.9 Å². The third-order valence-corrected chi connectivity index (χ3v) is 5.33. The molecule has 0 aliphatic carbocycles. The van der Waals surface area contributed by atoms with Crippen LogP contribution in [-0.2, 0) is 33.3 Å². The molecule has 0 bridgehead atoms. The van der Waals surface area contributed by atoms with Crippen molar-refractivity contribution in [2.24, 2.45) is 6.98 Å². The van der Waals surface area contributed by atoms with Gasteiger partial charge in [0.2, 0.25) is 11.6 Å². The van der Waals surface area contributed by atoms with Crippen molar-refractivity contribution in [3.63, 3.8) is 0 Å². The van der Waals surface area contributed by atoms with Crippen LogP contribution >= 0.6 is 0 Å². The topological polar surface area (TPSA) is 177 Å². The molecular formula is C26H31FN6O8. The average Bonchev–Trinajstić information content (AvgIpc) is 3.48. The summed E-state index contributed by atoms with van der Waals surface area (Å²) in [6.07, 6.45) is -0.403. The smallest absolute Gasteiger partial charge is 0.313 e. The first-order chi connectivity index (χ1) is 21.8. The van der Waals surface area contributed by atoms with E-state index in [-0.39, 0.29) is 30.9 Å². The molecule has 0 atom stereocenters. The van der Waals surface area contributed by atoms with Gasteiger partial charge in [0.25, 0.3) is 11.5 Å². The number of hydrogen-bond donors (Lipinski definition) is 2. The molecule has 0 saturated carbocycles. The van der Waals surface area contributed by atoms with Crippen LogP contribution in [-0.4, -0.2) is 64.5 Å². The van der Waals surface area contributed by atoms with Gasteiger partial charge in [0.15, 0.2) is 5.69 Å². The van der Waals surface area contributed by atoms with Crippen LogP contribution in [0.5, 0.6) is 5.75 Å². The van der Waals surface area contributed by atoms with Gasteiger partial charge >= 0.3 is 17.8 Å². The fourth-order valence-corrected chi connectivity index (χ4v) is 3.31. The molecule has 14 nitrogen and oxygen atoms in total. The van der Waals surface area contributed by atoms with Crippen molar-refractivity contribution in [2.75, 3.05) is 26.9 Å². The number of hydrogen-bond acceptors (Lipinski definition) is 11. The van der Waals surface area contributed by atoms with E-state index in [4.69, 9.17) is 26.9 Å². The number of amides is 2. The predicted octanol–water partition coefficient (Wildman–Crippen LogP) is 1.16. The summed E-state index contributed by atoms with van der Waals surface area (Å²) in [5.74, 6) is -7.21. The van der Waals surface area contributed by atoms with Crippen molar-refractivity contribution in [2.45, 2.75) is 39.2 Å². The van der Waals surface area contributed by atoms with Crippen molar-refractivity contribution in [1.82, 2.24) is 30.4 Å². The summed E-state index contributed by atoms with van der Waals surface area (Å²) in [5, 5.41) is 11.5. The molecule has 15 heteroatoms. The van der Waals surface area contributed by atoms with Gasteiger partial charge in [-0.2, -0.15) is 0 Å². The Kier molecular flexibility index (Phi) is 7.77. The third-order valence-electron chi connectivity index (χ3n) is 5.33. The summed E-state index contributed by atoms with van der Waals surface area (Å²) in [6, 6.07) is 5.04. The maximum Gasteiger partial charge on any atom is 0.313 e. The van der Waals surface area contributed by atoms with Crippen LogP contribution in [0.4, 0.5) is 4.39 Å². The minimum atomic E-state index is -3.30. The lowest BCUT2D eigenvalue weighted by atomic mass is 10.0. The highest BCUT2D eigenvalue weighted by Gasteiger charge is 2.33. The predicted molar refractivity (Wildman–Crippen MR) is 140 cm³/mol. The van der Waals surface area contributed by atoms with E-state index in [1.807, 2.05) is 0 Å². The normalized spacial score (nSPS) is 14.0. The molecule has 41 heavy (non-hydrogen) atoms. The number of nitrogens with one attached hydrogen (secondary N) is 2. The molecule has 0 unspecified atom stereocenters. The minimum absolute atomic E-state index is 0.144. The highest BCUT2D eigenvalue weighted by atomic mass is 19.1. The average molecular weight is 581 g/mol. The van der Waals surface area contributed by atoms with E-state index in [2.05, 4.69) is 25.8 Å². The van der Waals surface area contributed by atoms with Crippen molar-refractivity contribution in [3.05, 3.63) is 69.3 Å². The largest absolute Gasteiger partial charge is 0.418 e. The molecule has 2 amide bonds. The Hall–Kier alpha value is -4.50. The van der Waals surface area contributed by atoms with Crippen LogP contribution in [0.25, 0.3) is 0 Å². The number of rotatable bonds is 13. The number of esters is 1. The number of ether oxygens (including phenoxy) is 3. The van der Waals surface area contributed by atoms with Gasteiger partial charge in [-0.1, -0.05) is 12.1 Å². The number of aryl methyl sites for hydroxylation is 1. The van der Waals surface area contributed by atoms with Gasteiger partial charge in [0.05, 0.1) is 31.8 Å². The number of methoxy groups -OCH3 is 1. The second kappa shape index (κ2) is 13.7. The summed E-state index contributed by atoms with van der Waals surface area (Å²) in [5.41, 5.74) is -3.76. The van der Waals surface area contributed by atoms with Crippen LogP contribution in [0.2, 0.25) is 0 Å². The Morgan fingerprint density at radius 1 is 1.12 bits per heavy atom. The summed E-state index contributed by atoms with van der Waals surface area (Å²) in [7, 11) is 1.45. The van der Waals surface area contributed by atoms with E-state index < -0.39 is 84.0 Å². The van der Waals surface area contributed by atoms with E-state index in [1.165, 1.54) is 33.1 Å². The summed E-state index contributed by atoms with van der Waals surface area (Å²) >= 11 is 0. The van der Waals surface area contributed by atoms with E-state index in [0.717, 1.165) is 12.1 Å². The van der Waals surface area contributed by atoms with Gasteiger partial charge in [0, 0.05) is 35.7 Å². The van der Waals surface area contributed by atoms with Gasteiger partial charge in [-0.3, -0.25) is 23.7 Å². The number of aromatic nitrogens is 4. The zero-order valence-corrected chi connectivity index (χ0v) is 22.3. The standard InChI is InChI=1S/C26H31FN6O8/c1-15-31-32-23(40-15)22(36)30-26(2,3)25-29-19(21(35)28-14-16-6-8-17(27)9-7-16)20(24(37)33(25)4)41-18(34)10-11-39-13-12-38-5/h6-9H,10-14H2,1-5H3,(H,28,35)(H,30,36)/i1D3,4D3. The molecule has 0 aliphatic rings. The number of halogens is 1. The maximum atomic E-state index is 13.7. The van der Waals surface area contributed by atoms with Gasteiger partial charge in [-0.05, 0) is 31.5 Å². The number of nitrogens with zero attached hydrogens (tertiary/aromatic N) is 4. The minimum Gasteiger partial charge on any atom is -0.418 e. The molecule has 0 saturated heterocycles. The fraction of sp³-hybridized carbons (Fsp3) is 0.423. The first-order valence-electron chi connectivity index (χ1n) is 15.0. The molecule has 0 aliphatic heterocycles. The van der Waals surface area contributed by atoms with Crippen molar-refractivity contribution < 1.29 is 45.6 Å². The Labute approximate surface area is 242 Å². The second-order valence-electron chi connectivity index (χ2n) is 8.88.